The van der Waals surface area contributed by atoms with Crippen molar-refractivity contribution in [3.05, 3.63) is 59.7 Å². The molecule has 106 valence electrons. The molecule has 0 heterocycles. The molecule has 0 aliphatic rings. The van der Waals surface area contributed by atoms with Crippen molar-refractivity contribution in [3.8, 4) is 11.5 Å². The fraction of sp³-hybridized carbons (Fsp3) is 0.250. The average molecular weight is 339 g/mol. The Kier molecular flexibility index (Phi) is 4.85. The van der Waals surface area contributed by atoms with Gasteiger partial charge >= 0.3 is 0 Å². The van der Waals surface area contributed by atoms with Crippen molar-refractivity contribution in [2.24, 2.45) is 0 Å². The van der Waals surface area contributed by atoms with Crippen molar-refractivity contribution in [2.75, 3.05) is 13.9 Å². The molecule has 0 bridgehead atoms. The first-order chi connectivity index (χ1) is 10.5. The van der Waals surface area contributed by atoms with Gasteiger partial charge in [0.15, 0.2) is 6.79 Å². The minimum absolute atomic E-state index is 0.0559. The summed E-state index contributed by atoms with van der Waals surface area (Å²) in [7, 11) is 1.51. The molecule has 0 aliphatic carbocycles. The van der Waals surface area contributed by atoms with Crippen molar-refractivity contribution < 1.29 is 17.0 Å². The van der Waals surface area contributed by atoms with Crippen LogP contribution in [-0.4, -0.2) is 13.9 Å². The van der Waals surface area contributed by atoms with E-state index in [1.54, 1.807) is 18.2 Å². The van der Waals surface area contributed by atoms with Crippen LogP contribution in [0.15, 0.2) is 48.5 Å². The van der Waals surface area contributed by atoms with Crippen LogP contribution >= 0.6 is 15.9 Å². The van der Waals surface area contributed by atoms with Gasteiger partial charge in [-0.1, -0.05) is 46.3 Å². The highest BCUT2D eigenvalue weighted by Crippen LogP contribution is 2.26. The Labute approximate surface area is 130 Å². The van der Waals surface area contributed by atoms with Gasteiger partial charge in [0, 0.05) is 20.7 Å². The largest absolute Gasteiger partial charge is 0.489 e. The quantitative estimate of drug-likeness (QED) is 0.560. The highest BCUT2D eigenvalue weighted by Gasteiger charge is 2.05. The molecule has 0 saturated carbocycles. The molecule has 0 fully saturated rings. The zero-order valence-corrected chi connectivity index (χ0v) is 12.7. The lowest BCUT2D eigenvalue weighted by Crippen LogP contribution is -2.02. The predicted octanol–water partition coefficient (Wildman–Crippen LogP) is 4.14. The van der Waals surface area contributed by atoms with Crippen molar-refractivity contribution in [3.63, 3.8) is 0 Å². The third-order valence-corrected chi connectivity index (χ3v) is 3.06. The van der Waals surface area contributed by atoms with E-state index in [-0.39, 0.29) is 6.79 Å². The van der Waals surface area contributed by atoms with Gasteiger partial charge in [-0.05, 0) is 23.8 Å². The van der Waals surface area contributed by atoms with Gasteiger partial charge in [0.1, 0.15) is 18.1 Å². The zero-order chi connectivity index (χ0) is 16.0. The molecule has 0 amide bonds. The lowest BCUT2D eigenvalue weighted by Gasteiger charge is -2.12. The molecule has 0 radical (unpaired) electrons. The summed E-state index contributed by atoms with van der Waals surface area (Å²) in [6, 6.07) is 14.8. The van der Waals surface area contributed by atoms with Gasteiger partial charge in [-0.3, -0.25) is 0 Å². The van der Waals surface area contributed by atoms with Crippen LogP contribution in [0.2, 0.25) is 0 Å². The van der Waals surface area contributed by atoms with E-state index >= 15 is 0 Å². The molecule has 20 heavy (non-hydrogen) atoms. The molecule has 2 aromatic carbocycles. The molecule has 0 unspecified atom stereocenters. The maximum Gasteiger partial charge on any atom is 0.188 e. The third kappa shape index (κ3) is 4.25. The van der Waals surface area contributed by atoms with Crippen LogP contribution in [-0.2, 0) is 16.6 Å². The number of benzene rings is 2. The van der Waals surface area contributed by atoms with E-state index in [1.165, 1.54) is 7.11 Å². The summed E-state index contributed by atoms with van der Waals surface area (Å²) in [6.45, 7) is 0.476. The Balaban J connectivity index is 2.15. The first kappa shape index (κ1) is 12.2. The fourth-order valence-corrected chi connectivity index (χ4v) is 1.97. The van der Waals surface area contributed by atoms with Gasteiger partial charge in [0.05, 0.1) is 0 Å². The van der Waals surface area contributed by atoms with Gasteiger partial charge in [-0.15, -0.1) is 0 Å². The molecule has 0 aliphatic heterocycles. The molecular formula is C16H17BrO3. The Bertz CT molecular complexity index is 600. The Morgan fingerprint density at radius 1 is 1.10 bits per heavy atom. The normalized spacial score (nSPS) is 12.5. The Morgan fingerprint density at radius 2 is 1.90 bits per heavy atom. The summed E-state index contributed by atoms with van der Waals surface area (Å²) in [5.74, 6) is 0.989. The summed E-state index contributed by atoms with van der Waals surface area (Å²) in [4.78, 5) is 0. The Hall–Kier alpha value is -1.52. The van der Waals surface area contributed by atoms with Crippen LogP contribution in [0.25, 0.3) is 0 Å². The fourth-order valence-electron chi connectivity index (χ4n) is 1.66. The molecule has 0 N–H and O–H groups in total. The van der Waals surface area contributed by atoms with Crippen LogP contribution in [0.5, 0.6) is 11.5 Å². The number of halogens is 1. The van der Waals surface area contributed by atoms with E-state index in [0.717, 1.165) is 5.56 Å². The summed E-state index contributed by atoms with van der Waals surface area (Å²) in [5.41, 5.74) is 1.40. The predicted molar refractivity (Wildman–Crippen MR) is 82.4 cm³/mol. The SMILES string of the molecule is [2H]C([2H])(Br)c1cc(OCc2ccccc2)ccc1OCOC. The molecule has 0 atom stereocenters. The van der Waals surface area contributed by atoms with E-state index in [9.17, 15) is 0 Å². The van der Waals surface area contributed by atoms with Crippen molar-refractivity contribution in [1.29, 1.82) is 0 Å². The van der Waals surface area contributed by atoms with Gasteiger partial charge in [-0.25, -0.2) is 0 Å². The molecule has 4 heteroatoms. The number of rotatable bonds is 7. The van der Waals surface area contributed by atoms with Gasteiger partial charge in [0.2, 0.25) is 0 Å². The van der Waals surface area contributed by atoms with Crippen LogP contribution in [0.1, 0.15) is 13.9 Å². The van der Waals surface area contributed by atoms with Crippen LogP contribution in [0.4, 0.5) is 0 Å². The second-order valence-electron chi connectivity index (χ2n) is 4.08. The number of hydrogen-bond donors (Lipinski definition) is 0. The first-order valence-electron chi connectivity index (χ1n) is 7.12. The molecule has 0 aromatic heterocycles. The highest BCUT2D eigenvalue weighted by atomic mass is 79.9. The highest BCUT2D eigenvalue weighted by molar-refractivity contribution is 9.08. The summed E-state index contributed by atoms with van der Waals surface area (Å²) < 4.78 is 31.7. The molecule has 2 rings (SSSR count). The van der Waals surface area contributed by atoms with E-state index < -0.39 is 5.28 Å². The molecule has 3 nitrogen and oxygen atoms in total. The van der Waals surface area contributed by atoms with E-state index in [1.807, 2.05) is 30.3 Å². The molecule has 0 spiro atoms. The first-order valence-corrected chi connectivity index (χ1v) is 6.92. The summed E-state index contributed by atoms with van der Waals surface area (Å²) in [5, 5.41) is -1.72. The second-order valence-corrected chi connectivity index (χ2v) is 4.47. The Morgan fingerprint density at radius 3 is 2.60 bits per heavy atom. The van der Waals surface area contributed by atoms with E-state index in [0.29, 0.717) is 23.7 Å². The molecule has 0 saturated heterocycles. The monoisotopic (exact) mass is 338 g/mol. The van der Waals surface area contributed by atoms with E-state index in [2.05, 4.69) is 15.9 Å². The molecular weight excluding hydrogens is 320 g/mol. The molecule has 2 aromatic rings. The minimum Gasteiger partial charge on any atom is -0.489 e. The maximum absolute atomic E-state index is 7.85. The number of ether oxygens (including phenoxy) is 3. The van der Waals surface area contributed by atoms with Gasteiger partial charge < -0.3 is 14.2 Å². The maximum atomic E-state index is 7.85. The number of methoxy groups -OCH3 is 1. The van der Waals surface area contributed by atoms with Gasteiger partial charge in [-0.2, -0.15) is 0 Å². The third-order valence-electron chi connectivity index (χ3n) is 2.63. The van der Waals surface area contributed by atoms with Crippen LogP contribution in [0.3, 0.4) is 0 Å². The van der Waals surface area contributed by atoms with Crippen LogP contribution < -0.4 is 9.47 Å². The van der Waals surface area contributed by atoms with Crippen LogP contribution in [0, 0.1) is 0 Å². The topological polar surface area (TPSA) is 27.7 Å². The summed E-state index contributed by atoms with van der Waals surface area (Å²) >= 11 is 3.02. The standard InChI is InChI=1S/C16H17BrO3/c1-18-12-20-16-8-7-15(9-14(16)10-17)19-11-13-5-3-2-4-6-13/h2-9H,10-12H2,1H3/i10D2. The number of hydrogen-bond acceptors (Lipinski definition) is 3. The summed E-state index contributed by atoms with van der Waals surface area (Å²) in [6.07, 6.45) is 0. The average Bonchev–Trinajstić information content (AvgIpc) is 2.51. The lowest BCUT2D eigenvalue weighted by atomic mass is 10.2. The van der Waals surface area contributed by atoms with Crippen molar-refractivity contribution in [2.45, 2.75) is 11.9 Å². The second kappa shape index (κ2) is 7.92. The number of alkyl halides is 1. The smallest absolute Gasteiger partial charge is 0.188 e. The van der Waals surface area contributed by atoms with E-state index in [4.69, 9.17) is 17.0 Å². The van der Waals surface area contributed by atoms with Crippen molar-refractivity contribution in [1.82, 2.24) is 0 Å². The zero-order valence-electron chi connectivity index (χ0n) is 13.1. The van der Waals surface area contributed by atoms with Gasteiger partial charge in [0.25, 0.3) is 0 Å². The van der Waals surface area contributed by atoms with Crippen molar-refractivity contribution >= 4 is 15.9 Å². The minimum atomic E-state index is -1.72. The lowest BCUT2D eigenvalue weighted by molar-refractivity contribution is 0.0505.